The van der Waals surface area contributed by atoms with Gasteiger partial charge in [-0.15, -0.1) is 0 Å². The highest BCUT2D eigenvalue weighted by atomic mass is 16.5. The number of pyridine rings is 1. The van der Waals surface area contributed by atoms with Crippen LogP contribution in [0.3, 0.4) is 0 Å². The zero-order valence-corrected chi connectivity index (χ0v) is 13.2. The van der Waals surface area contributed by atoms with Gasteiger partial charge in [-0.25, -0.2) is 4.79 Å². The molecule has 0 atom stereocenters. The van der Waals surface area contributed by atoms with Gasteiger partial charge in [0.1, 0.15) is 5.56 Å². The first kappa shape index (κ1) is 14.8. The quantitative estimate of drug-likeness (QED) is 0.890. The summed E-state index contributed by atoms with van der Waals surface area (Å²) < 4.78 is 7.68. The molecule has 24 heavy (non-hydrogen) atoms. The van der Waals surface area contributed by atoms with E-state index in [2.05, 4.69) is 16.8 Å². The van der Waals surface area contributed by atoms with E-state index in [-0.39, 0.29) is 5.56 Å². The molecule has 0 amide bonds. The van der Waals surface area contributed by atoms with Gasteiger partial charge in [-0.2, -0.15) is 0 Å². The summed E-state index contributed by atoms with van der Waals surface area (Å²) in [5.41, 5.74) is -0.128. The number of carbonyl (C=O) groups is 1. The van der Waals surface area contributed by atoms with Crippen molar-refractivity contribution in [1.82, 2.24) is 14.4 Å². The molecule has 0 saturated carbocycles. The van der Waals surface area contributed by atoms with Crippen LogP contribution in [-0.4, -0.2) is 58.7 Å². The van der Waals surface area contributed by atoms with E-state index in [4.69, 9.17) is 4.74 Å². The molecule has 1 aromatic heterocycles. The van der Waals surface area contributed by atoms with E-state index in [9.17, 15) is 14.7 Å². The molecule has 2 aliphatic heterocycles. The van der Waals surface area contributed by atoms with Gasteiger partial charge in [-0.05, 0) is 19.2 Å². The Morgan fingerprint density at radius 2 is 1.96 bits per heavy atom. The van der Waals surface area contributed by atoms with Crippen LogP contribution in [0.15, 0.2) is 35.1 Å². The number of hydrogen-bond donors (Lipinski definition) is 1. The van der Waals surface area contributed by atoms with Gasteiger partial charge >= 0.3 is 5.97 Å². The second-order valence-electron chi connectivity index (χ2n) is 6.10. The monoisotopic (exact) mass is 327 g/mol. The average Bonchev–Trinajstić information content (AvgIpc) is 2.58. The molecule has 124 valence electrons. The zero-order valence-electron chi connectivity index (χ0n) is 13.2. The normalized spacial score (nSPS) is 17.5. The van der Waals surface area contributed by atoms with E-state index in [1.807, 2.05) is 0 Å². The summed E-state index contributed by atoms with van der Waals surface area (Å²) in [5.74, 6) is 0.0122. The number of benzene rings is 1. The molecule has 0 bridgehead atoms. The standard InChI is InChI=1S/C17H17N3O4/c1-18-5-7-19(8-6-18)14-10-20-9-12(17(22)23)16(21)11-3-2-4-13(24-14)15(11)20/h2-4,9-10H,5-8H2,1H3,(H,22,23). The Hall–Kier alpha value is -2.80. The molecule has 1 aromatic carbocycles. The van der Waals surface area contributed by atoms with Crippen LogP contribution in [0.1, 0.15) is 10.4 Å². The largest absolute Gasteiger partial charge is 0.477 e. The predicted octanol–water partition coefficient (Wildman–Crippen LogP) is 1.10. The molecule has 7 heteroatoms. The third-order valence-corrected chi connectivity index (χ3v) is 4.52. The molecular formula is C17H17N3O4. The van der Waals surface area contributed by atoms with Crippen molar-refractivity contribution in [2.24, 2.45) is 0 Å². The Labute approximate surface area is 138 Å². The first-order chi connectivity index (χ1) is 11.5. The van der Waals surface area contributed by atoms with Crippen molar-refractivity contribution in [2.45, 2.75) is 0 Å². The van der Waals surface area contributed by atoms with Crippen LogP contribution >= 0.6 is 0 Å². The van der Waals surface area contributed by atoms with E-state index >= 15 is 0 Å². The Kier molecular flexibility index (Phi) is 3.31. The molecule has 0 radical (unpaired) electrons. The number of carboxylic acids is 1. The molecule has 1 N–H and O–H groups in total. The van der Waals surface area contributed by atoms with Crippen molar-refractivity contribution in [2.75, 3.05) is 33.2 Å². The summed E-state index contributed by atoms with van der Waals surface area (Å²) >= 11 is 0. The van der Waals surface area contributed by atoms with E-state index < -0.39 is 11.4 Å². The maximum Gasteiger partial charge on any atom is 0.341 e. The number of likely N-dealkylation sites (N-methyl/N-ethyl adjacent to an activating group) is 1. The van der Waals surface area contributed by atoms with Crippen LogP contribution < -0.4 is 10.2 Å². The average molecular weight is 327 g/mol. The van der Waals surface area contributed by atoms with Gasteiger partial charge in [0.05, 0.1) is 17.1 Å². The lowest BCUT2D eigenvalue weighted by atomic mass is 10.1. The Balaban J connectivity index is 1.86. The van der Waals surface area contributed by atoms with Crippen molar-refractivity contribution in [3.8, 4) is 5.75 Å². The SMILES string of the molecule is CN1CCN(C2=Cn3cc(C(=O)O)c(=O)c4cccc(c43)O2)CC1. The first-order valence-electron chi connectivity index (χ1n) is 7.79. The van der Waals surface area contributed by atoms with Crippen LogP contribution in [0.4, 0.5) is 0 Å². The molecule has 3 heterocycles. The summed E-state index contributed by atoms with van der Waals surface area (Å²) in [7, 11) is 2.08. The van der Waals surface area contributed by atoms with Gasteiger partial charge in [0.25, 0.3) is 0 Å². The lowest BCUT2D eigenvalue weighted by molar-refractivity contribution is 0.0695. The number of carboxylic acid groups (broad SMARTS) is 1. The molecule has 1 saturated heterocycles. The summed E-state index contributed by atoms with van der Waals surface area (Å²) in [4.78, 5) is 28.1. The van der Waals surface area contributed by atoms with E-state index in [1.54, 1.807) is 29.0 Å². The molecule has 4 rings (SSSR count). The second-order valence-corrected chi connectivity index (χ2v) is 6.10. The number of nitrogens with zero attached hydrogens (tertiary/aromatic N) is 3. The Morgan fingerprint density at radius 3 is 2.67 bits per heavy atom. The van der Waals surface area contributed by atoms with Crippen LogP contribution in [0.5, 0.6) is 5.75 Å². The maximum atomic E-state index is 12.3. The number of aromatic nitrogens is 1. The molecule has 1 fully saturated rings. The summed E-state index contributed by atoms with van der Waals surface area (Å²) in [6.07, 6.45) is 3.13. The van der Waals surface area contributed by atoms with Crippen LogP contribution in [0.25, 0.3) is 17.1 Å². The van der Waals surface area contributed by atoms with Crippen molar-refractivity contribution in [1.29, 1.82) is 0 Å². The Morgan fingerprint density at radius 1 is 1.21 bits per heavy atom. The smallest absolute Gasteiger partial charge is 0.341 e. The maximum absolute atomic E-state index is 12.3. The highest BCUT2D eigenvalue weighted by molar-refractivity contribution is 5.95. The van der Waals surface area contributed by atoms with Gasteiger partial charge < -0.3 is 24.2 Å². The highest BCUT2D eigenvalue weighted by Crippen LogP contribution is 2.31. The Bertz CT molecular complexity index is 923. The zero-order chi connectivity index (χ0) is 16.8. The fourth-order valence-corrected chi connectivity index (χ4v) is 3.15. The molecule has 2 aliphatic rings. The molecule has 7 nitrogen and oxygen atoms in total. The van der Waals surface area contributed by atoms with Gasteiger partial charge in [0.15, 0.2) is 5.75 Å². The van der Waals surface area contributed by atoms with E-state index in [0.29, 0.717) is 22.5 Å². The van der Waals surface area contributed by atoms with Gasteiger partial charge in [-0.3, -0.25) is 4.79 Å². The van der Waals surface area contributed by atoms with E-state index in [0.717, 1.165) is 26.2 Å². The summed E-state index contributed by atoms with van der Waals surface area (Å²) in [6, 6.07) is 5.13. The molecule has 2 aromatic rings. The molecule has 0 unspecified atom stereocenters. The fourth-order valence-electron chi connectivity index (χ4n) is 3.15. The topological polar surface area (TPSA) is 75.0 Å². The highest BCUT2D eigenvalue weighted by Gasteiger charge is 2.24. The van der Waals surface area contributed by atoms with Gasteiger partial charge in [-0.1, -0.05) is 6.07 Å². The minimum absolute atomic E-state index is 0.240. The number of ether oxygens (including phenoxy) is 1. The number of aromatic carboxylic acids is 1. The van der Waals surface area contributed by atoms with Gasteiger partial charge in [0, 0.05) is 32.4 Å². The second kappa shape index (κ2) is 5.38. The number of piperazine rings is 1. The van der Waals surface area contributed by atoms with Crippen molar-refractivity contribution < 1.29 is 14.6 Å². The third kappa shape index (κ3) is 2.25. The lowest BCUT2D eigenvalue weighted by Gasteiger charge is -2.36. The van der Waals surface area contributed by atoms with E-state index in [1.165, 1.54) is 6.20 Å². The van der Waals surface area contributed by atoms with Crippen molar-refractivity contribution >= 4 is 23.1 Å². The molecule has 0 aliphatic carbocycles. The number of rotatable bonds is 2. The minimum Gasteiger partial charge on any atom is -0.477 e. The predicted molar refractivity (Wildman–Crippen MR) is 89.1 cm³/mol. The fraction of sp³-hybridized carbons (Fsp3) is 0.294. The summed E-state index contributed by atoms with van der Waals surface area (Å²) in [6.45, 7) is 3.53. The van der Waals surface area contributed by atoms with Gasteiger partial charge in [0.2, 0.25) is 11.3 Å². The van der Waals surface area contributed by atoms with Crippen molar-refractivity contribution in [3.63, 3.8) is 0 Å². The first-order valence-corrected chi connectivity index (χ1v) is 7.79. The third-order valence-electron chi connectivity index (χ3n) is 4.52. The summed E-state index contributed by atoms with van der Waals surface area (Å²) in [5, 5.41) is 9.64. The van der Waals surface area contributed by atoms with Crippen LogP contribution in [0, 0.1) is 0 Å². The van der Waals surface area contributed by atoms with Crippen LogP contribution in [0.2, 0.25) is 0 Å². The van der Waals surface area contributed by atoms with Crippen LogP contribution in [-0.2, 0) is 0 Å². The number of hydrogen-bond acceptors (Lipinski definition) is 5. The number of para-hydroxylation sites is 1. The van der Waals surface area contributed by atoms with Crippen molar-refractivity contribution in [3.05, 3.63) is 46.1 Å². The minimum atomic E-state index is -1.22. The molecule has 0 spiro atoms. The molecular weight excluding hydrogens is 310 g/mol. The lowest BCUT2D eigenvalue weighted by Crippen LogP contribution is -2.45.